The van der Waals surface area contributed by atoms with Gasteiger partial charge >= 0.3 is 0 Å². The van der Waals surface area contributed by atoms with Gasteiger partial charge in [0, 0.05) is 17.3 Å². The van der Waals surface area contributed by atoms with Crippen LogP contribution in [-0.2, 0) is 10.2 Å². The van der Waals surface area contributed by atoms with Gasteiger partial charge in [-0.3, -0.25) is 4.79 Å². The molecule has 112 valence electrons. The number of carbonyl (C=O) groups excluding carboxylic acids is 1. The predicted octanol–water partition coefficient (Wildman–Crippen LogP) is 4.56. The van der Waals surface area contributed by atoms with Crippen molar-refractivity contribution in [1.29, 1.82) is 0 Å². The zero-order valence-corrected chi connectivity index (χ0v) is 14.3. The molecule has 0 bridgehead atoms. The van der Waals surface area contributed by atoms with Crippen LogP contribution in [0.15, 0.2) is 40.2 Å². The number of hydrogen-bond donors (Lipinski definition) is 1. The number of amides is 1. The zero-order chi connectivity index (χ0) is 15.5. The van der Waals surface area contributed by atoms with Crippen molar-refractivity contribution in [3.05, 3.63) is 41.4 Å². The molecule has 2 aromatic rings. The molecule has 0 spiro atoms. The summed E-state index contributed by atoms with van der Waals surface area (Å²) in [5.74, 6) is -0.00120. The Morgan fingerprint density at radius 1 is 1.29 bits per heavy atom. The van der Waals surface area contributed by atoms with E-state index in [0.717, 1.165) is 10.0 Å². The fraction of sp³-hybridized carbons (Fsp3) is 0.375. The molecule has 1 N–H and O–H groups in total. The number of thiazole rings is 1. The normalized spacial score (nSPS) is 13.0. The summed E-state index contributed by atoms with van der Waals surface area (Å²) in [6.07, 6.45) is 1.75. The number of aromatic nitrogens is 1. The molecular weight excluding hydrogens is 300 g/mol. The van der Waals surface area contributed by atoms with E-state index in [1.54, 1.807) is 17.5 Å². The maximum absolute atomic E-state index is 12.2. The fourth-order valence-electron chi connectivity index (χ4n) is 1.77. The summed E-state index contributed by atoms with van der Waals surface area (Å²) >= 11 is 3.03. The topological polar surface area (TPSA) is 42.0 Å². The van der Waals surface area contributed by atoms with E-state index in [0.29, 0.717) is 0 Å². The molecule has 5 heteroatoms. The van der Waals surface area contributed by atoms with Gasteiger partial charge in [0.2, 0.25) is 5.91 Å². The second-order valence-corrected chi connectivity index (χ2v) is 8.36. The SMILES string of the molecule is CC(Sc1nccs1)C(=O)Nc1ccc(C(C)(C)C)cc1. The largest absolute Gasteiger partial charge is 0.325 e. The molecule has 1 amide bonds. The second-order valence-electron chi connectivity index (χ2n) is 5.87. The highest BCUT2D eigenvalue weighted by Gasteiger charge is 2.17. The van der Waals surface area contributed by atoms with Crippen molar-refractivity contribution in [2.45, 2.75) is 42.7 Å². The van der Waals surface area contributed by atoms with Crippen molar-refractivity contribution in [2.24, 2.45) is 0 Å². The van der Waals surface area contributed by atoms with Crippen molar-refractivity contribution in [3.63, 3.8) is 0 Å². The average molecular weight is 320 g/mol. The van der Waals surface area contributed by atoms with E-state index in [1.807, 2.05) is 24.4 Å². The van der Waals surface area contributed by atoms with Crippen LogP contribution in [-0.4, -0.2) is 16.1 Å². The molecule has 21 heavy (non-hydrogen) atoms. The standard InChI is InChI=1S/C16H20N2OS2/c1-11(21-15-17-9-10-20-15)14(19)18-13-7-5-12(6-8-13)16(2,3)4/h5-11H,1-4H3,(H,18,19). The van der Waals surface area contributed by atoms with Crippen molar-refractivity contribution < 1.29 is 4.79 Å². The minimum Gasteiger partial charge on any atom is -0.325 e. The third-order valence-corrected chi connectivity index (χ3v) is 5.09. The number of hydrogen-bond acceptors (Lipinski definition) is 4. The molecule has 1 unspecified atom stereocenters. The first-order valence-corrected chi connectivity index (χ1v) is 8.60. The van der Waals surface area contributed by atoms with Crippen LogP contribution >= 0.6 is 23.1 Å². The highest BCUT2D eigenvalue weighted by molar-refractivity contribution is 8.02. The lowest BCUT2D eigenvalue weighted by molar-refractivity contribution is -0.115. The average Bonchev–Trinajstić information content (AvgIpc) is 2.91. The fourth-order valence-corrected chi connectivity index (χ4v) is 3.54. The van der Waals surface area contributed by atoms with Crippen LogP contribution < -0.4 is 5.32 Å². The van der Waals surface area contributed by atoms with Crippen molar-refractivity contribution in [2.75, 3.05) is 5.32 Å². The molecule has 1 aromatic heterocycles. The minimum absolute atomic E-state index is 0.00120. The van der Waals surface area contributed by atoms with Crippen molar-refractivity contribution in [1.82, 2.24) is 4.98 Å². The van der Waals surface area contributed by atoms with Gasteiger partial charge in [0.1, 0.15) is 0 Å². The van der Waals surface area contributed by atoms with Gasteiger partial charge in [0.25, 0.3) is 0 Å². The quantitative estimate of drug-likeness (QED) is 0.840. The molecule has 0 aliphatic carbocycles. The molecule has 1 atom stereocenters. The Bertz CT molecular complexity index is 586. The Kier molecular flexibility index (Phi) is 5.06. The number of carbonyl (C=O) groups is 1. The van der Waals surface area contributed by atoms with Crippen molar-refractivity contribution >= 4 is 34.7 Å². The van der Waals surface area contributed by atoms with Crippen LogP contribution in [0.4, 0.5) is 5.69 Å². The lowest BCUT2D eigenvalue weighted by atomic mass is 9.87. The number of nitrogens with zero attached hydrogens (tertiary/aromatic N) is 1. The van der Waals surface area contributed by atoms with E-state index in [-0.39, 0.29) is 16.6 Å². The monoisotopic (exact) mass is 320 g/mol. The predicted molar refractivity (Wildman–Crippen MR) is 91.2 cm³/mol. The van der Waals surface area contributed by atoms with Crippen LogP contribution in [0.2, 0.25) is 0 Å². The van der Waals surface area contributed by atoms with Crippen LogP contribution in [0.5, 0.6) is 0 Å². The summed E-state index contributed by atoms with van der Waals surface area (Å²) in [5, 5.41) is 4.70. The van der Waals surface area contributed by atoms with E-state index in [2.05, 4.69) is 43.2 Å². The van der Waals surface area contributed by atoms with E-state index < -0.39 is 0 Å². The van der Waals surface area contributed by atoms with E-state index in [4.69, 9.17) is 0 Å². The number of nitrogens with one attached hydrogen (secondary N) is 1. The first-order valence-electron chi connectivity index (χ1n) is 6.84. The summed E-state index contributed by atoms with van der Waals surface area (Å²) in [5.41, 5.74) is 2.21. The summed E-state index contributed by atoms with van der Waals surface area (Å²) < 4.78 is 0.917. The molecular formula is C16H20N2OS2. The van der Waals surface area contributed by atoms with Crippen LogP contribution in [0.1, 0.15) is 33.3 Å². The van der Waals surface area contributed by atoms with Gasteiger partial charge in [0.05, 0.1) is 5.25 Å². The minimum atomic E-state index is -0.168. The van der Waals surface area contributed by atoms with Crippen molar-refractivity contribution in [3.8, 4) is 0 Å². The third-order valence-electron chi connectivity index (χ3n) is 3.07. The first-order chi connectivity index (χ1) is 9.86. The molecule has 1 aromatic carbocycles. The molecule has 0 aliphatic rings. The second kappa shape index (κ2) is 6.62. The van der Waals surface area contributed by atoms with Crippen LogP contribution in [0, 0.1) is 0 Å². The van der Waals surface area contributed by atoms with Crippen LogP contribution in [0.25, 0.3) is 0 Å². The van der Waals surface area contributed by atoms with Gasteiger partial charge in [0.15, 0.2) is 4.34 Å². The summed E-state index contributed by atoms with van der Waals surface area (Å²) in [6.45, 7) is 8.42. The van der Waals surface area contributed by atoms with Crippen LogP contribution in [0.3, 0.4) is 0 Å². The first kappa shape index (κ1) is 16.0. The molecule has 0 radical (unpaired) electrons. The zero-order valence-electron chi connectivity index (χ0n) is 12.7. The molecule has 0 saturated carbocycles. The van der Waals surface area contributed by atoms with Gasteiger partial charge in [-0.15, -0.1) is 11.3 Å². The molecule has 2 rings (SSSR count). The summed E-state index contributed by atoms with van der Waals surface area (Å²) in [4.78, 5) is 16.4. The molecule has 0 aliphatic heterocycles. The molecule has 3 nitrogen and oxygen atoms in total. The maximum atomic E-state index is 12.2. The Hall–Kier alpha value is -1.33. The Labute approximate surface area is 134 Å². The summed E-state index contributed by atoms with van der Waals surface area (Å²) in [6, 6.07) is 8.04. The maximum Gasteiger partial charge on any atom is 0.237 e. The van der Waals surface area contributed by atoms with Gasteiger partial charge in [-0.1, -0.05) is 44.7 Å². The highest BCUT2D eigenvalue weighted by Crippen LogP contribution is 2.27. The van der Waals surface area contributed by atoms with Gasteiger partial charge in [-0.25, -0.2) is 4.98 Å². The Morgan fingerprint density at radius 2 is 1.95 bits per heavy atom. The van der Waals surface area contributed by atoms with E-state index >= 15 is 0 Å². The molecule has 0 saturated heterocycles. The Morgan fingerprint density at radius 3 is 2.48 bits per heavy atom. The van der Waals surface area contributed by atoms with E-state index in [9.17, 15) is 4.79 Å². The molecule has 1 heterocycles. The summed E-state index contributed by atoms with van der Waals surface area (Å²) in [7, 11) is 0. The smallest absolute Gasteiger partial charge is 0.237 e. The number of thioether (sulfide) groups is 1. The third kappa shape index (κ3) is 4.58. The lowest BCUT2D eigenvalue weighted by Gasteiger charge is -2.19. The van der Waals surface area contributed by atoms with E-state index in [1.165, 1.54) is 17.3 Å². The highest BCUT2D eigenvalue weighted by atomic mass is 32.2. The lowest BCUT2D eigenvalue weighted by Crippen LogP contribution is -2.22. The Balaban J connectivity index is 1.96. The molecule has 0 fully saturated rings. The number of anilines is 1. The van der Waals surface area contributed by atoms with Gasteiger partial charge in [-0.2, -0.15) is 0 Å². The van der Waals surface area contributed by atoms with Gasteiger partial charge < -0.3 is 5.32 Å². The number of benzene rings is 1. The van der Waals surface area contributed by atoms with Gasteiger partial charge in [-0.05, 0) is 30.0 Å². The number of rotatable bonds is 4.